The molecule has 26 heavy (non-hydrogen) atoms. The summed E-state index contributed by atoms with van der Waals surface area (Å²) in [6.07, 6.45) is 1.57. The third-order valence-corrected chi connectivity index (χ3v) is 5.83. The van der Waals surface area contributed by atoms with Gasteiger partial charge in [0.15, 0.2) is 0 Å². The van der Waals surface area contributed by atoms with Crippen molar-refractivity contribution in [2.75, 3.05) is 26.4 Å². The smallest absolute Gasteiger partial charge is 0.244 e. The number of hydrogen-bond acceptors (Lipinski definition) is 5. The summed E-state index contributed by atoms with van der Waals surface area (Å²) in [6.45, 7) is 6.04. The maximum atomic E-state index is 12.8. The molecule has 0 saturated carbocycles. The first-order valence-electron chi connectivity index (χ1n) is 8.54. The average Bonchev–Trinajstić information content (AvgIpc) is 3.05. The van der Waals surface area contributed by atoms with Gasteiger partial charge in [-0.1, -0.05) is 25.4 Å². The molecule has 0 radical (unpaired) electrons. The minimum atomic E-state index is -3.79. The highest BCUT2D eigenvalue weighted by Gasteiger charge is 2.25. The van der Waals surface area contributed by atoms with E-state index in [9.17, 15) is 8.42 Å². The monoisotopic (exact) mass is 426 g/mol. The van der Waals surface area contributed by atoms with E-state index in [2.05, 4.69) is 4.72 Å². The van der Waals surface area contributed by atoms with Crippen LogP contribution in [0.5, 0.6) is 5.75 Å². The average molecular weight is 427 g/mol. The second kappa shape index (κ2) is 10.7. The van der Waals surface area contributed by atoms with Crippen LogP contribution < -0.4 is 15.2 Å². The van der Waals surface area contributed by atoms with Crippen LogP contribution in [0.3, 0.4) is 0 Å². The molecule has 2 atom stereocenters. The van der Waals surface area contributed by atoms with E-state index >= 15 is 0 Å². The minimum absolute atomic E-state index is 0. The molecule has 0 amide bonds. The molecule has 0 aromatic heterocycles. The van der Waals surface area contributed by atoms with Gasteiger partial charge in [0.2, 0.25) is 10.0 Å². The Morgan fingerprint density at radius 3 is 2.73 bits per heavy atom. The molecular weight excluding hydrogens is 399 g/mol. The molecule has 0 bridgehead atoms. The van der Waals surface area contributed by atoms with E-state index in [0.29, 0.717) is 36.3 Å². The molecule has 3 N–H and O–H groups in total. The SMILES string of the molecule is CC(C)CC(CN)NS(=O)(=O)c1cc(Cl)ccc1OCC1CCOC1.Cl. The normalized spacial score (nSPS) is 18.6. The van der Waals surface area contributed by atoms with Crippen LogP contribution in [0.15, 0.2) is 23.1 Å². The van der Waals surface area contributed by atoms with E-state index < -0.39 is 10.0 Å². The summed E-state index contributed by atoms with van der Waals surface area (Å²) in [6, 6.07) is 4.29. The standard InChI is InChI=1S/C17H27ClN2O4S.ClH/c1-12(2)7-15(9-19)20-25(21,22)17-8-14(18)3-4-16(17)24-11-13-5-6-23-10-13;/h3-4,8,12-13,15,20H,5-7,9-11,19H2,1-2H3;1H. The van der Waals surface area contributed by atoms with E-state index in [0.717, 1.165) is 13.0 Å². The van der Waals surface area contributed by atoms with Crippen molar-refractivity contribution in [3.05, 3.63) is 23.2 Å². The molecule has 9 heteroatoms. The molecule has 2 unspecified atom stereocenters. The van der Waals surface area contributed by atoms with E-state index in [4.69, 9.17) is 26.8 Å². The summed E-state index contributed by atoms with van der Waals surface area (Å²) < 4.78 is 39.4. The number of ether oxygens (including phenoxy) is 2. The fraction of sp³-hybridized carbons (Fsp3) is 0.647. The Morgan fingerprint density at radius 2 is 2.15 bits per heavy atom. The largest absolute Gasteiger partial charge is 0.492 e. The van der Waals surface area contributed by atoms with Gasteiger partial charge in [0.25, 0.3) is 0 Å². The van der Waals surface area contributed by atoms with Crippen molar-refractivity contribution >= 4 is 34.0 Å². The van der Waals surface area contributed by atoms with E-state index in [-0.39, 0.29) is 35.8 Å². The van der Waals surface area contributed by atoms with Crippen molar-refractivity contribution in [1.82, 2.24) is 4.72 Å². The molecule has 1 fully saturated rings. The predicted molar refractivity (Wildman–Crippen MR) is 106 cm³/mol. The van der Waals surface area contributed by atoms with Gasteiger partial charge in [-0.3, -0.25) is 0 Å². The summed E-state index contributed by atoms with van der Waals surface area (Å²) >= 11 is 6.01. The first-order chi connectivity index (χ1) is 11.8. The van der Waals surface area contributed by atoms with Gasteiger partial charge in [0.1, 0.15) is 10.6 Å². The van der Waals surface area contributed by atoms with Crippen molar-refractivity contribution < 1.29 is 17.9 Å². The fourth-order valence-corrected chi connectivity index (χ4v) is 4.45. The number of nitrogens with two attached hydrogens (primary N) is 1. The zero-order chi connectivity index (χ0) is 18.4. The summed E-state index contributed by atoms with van der Waals surface area (Å²) in [5.41, 5.74) is 5.72. The molecule has 1 aliphatic heterocycles. The molecule has 0 spiro atoms. The Labute approximate surface area is 167 Å². The second-order valence-corrected chi connectivity index (χ2v) is 8.93. The van der Waals surface area contributed by atoms with E-state index in [1.165, 1.54) is 6.07 Å². The highest BCUT2D eigenvalue weighted by molar-refractivity contribution is 7.89. The lowest BCUT2D eigenvalue weighted by molar-refractivity contribution is 0.166. The molecular formula is C17H28Cl2N2O4S. The topological polar surface area (TPSA) is 90.7 Å². The molecule has 1 aromatic carbocycles. The summed E-state index contributed by atoms with van der Waals surface area (Å²) in [4.78, 5) is 0.0427. The van der Waals surface area contributed by atoms with Crippen LogP contribution in [0.1, 0.15) is 26.7 Å². The fourth-order valence-electron chi connectivity index (χ4n) is 2.78. The van der Waals surface area contributed by atoms with Crippen LogP contribution in [0.2, 0.25) is 5.02 Å². The summed E-state index contributed by atoms with van der Waals surface area (Å²) in [5, 5.41) is 0.338. The Bertz CT molecular complexity index is 665. The van der Waals surface area contributed by atoms with Gasteiger partial charge in [0.05, 0.1) is 13.2 Å². The third-order valence-electron chi connectivity index (χ3n) is 4.06. The van der Waals surface area contributed by atoms with Crippen LogP contribution in [0, 0.1) is 11.8 Å². The Balaban J connectivity index is 0.00000338. The zero-order valence-electron chi connectivity index (χ0n) is 15.1. The molecule has 1 aromatic rings. The maximum absolute atomic E-state index is 12.8. The number of rotatable bonds is 9. The van der Waals surface area contributed by atoms with Crippen LogP contribution >= 0.6 is 24.0 Å². The number of sulfonamides is 1. The highest BCUT2D eigenvalue weighted by atomic mass is 35.5. The van der Waals surface area contributed by atoms with Crippen LogP contribution in [0.25, 0.3) is 0 Å². The van der Waals surface area contributed by atoms with Crippen molar-refractivity contribution in [2.45, 2.75) is 37.6 Å². The summed E-state index contributed by atoms with van der Waals surface area (Å²) in [7, 11) is -3.79. The highest BCUT2D eigenvalue weighted by Crippen LogP contribution is 2.28. The first-order valence-corrected chi connectivity index (χ1v) is 10.4. The number of nitrogens with one attached hydrogen (secondary N) is 1. The molecule has 0 aliphatic carbocycles. The molecule has 1 aliphatic rings. The van der Waals surface area contributed by atoms with Crippen molar-refractivity contribution in [3.63, 3.8) is 0 Å². The van der Waals surface area contributed by atoms with Gasteiger partial charge in [-0.2, -0.15) is 0 Å². The lowest BCUT2D eigenvalue weighted by atomic mass is 10.1. The summed E-state index contributed by atoms with van der Waals surface area (Å²) in [5.74, 6) is 0.898. The Kier molecular flexibility index (Phi) is 9.64. The van der Waals surface area contributed by atoms with Gasteiger partial charge in [-0.05, 0) is 37.0 Å². The molecule has 1 saturated heterocycles. The van der Waals surface area contributed by atoms with Gasteiger partial charge >= 0.3 is 0 Å². The van der Waals surface area contributed by atoms with E-state index in [1.807, 2.05) is 13.8 Å². The quantitative estimate of drug-likeness (QED) is 0.633. The lowest BCUT2D eigenvalue weighted by Crippen LogP contribution is -2.41. The molecule has 150 valence electrons. The van der Waals surface area contributed by atoms with Crippen molar-refractivity contribution in [2.24, 2.45) is 17.6 Å². The van der Waals surface area contributed by atoms with Crippen LogP contribution in [-0.4, -0.2) is 40.8 Å². The number of halogens is 2. The van der Waals surface area contributed by atoms with Gasteiger partial charge in [0, 0.05) is 30.1 Å². The van der Waals surface area contributed by atoms with Crippen LogP contribution in [-0.2, 0) is 14.8 Å². The Morgan fingerprint density at radius 1 is 1.42 bits per heavy atom. The predicted octanol–water partition coefficient (Wildman–Crippen LogP) is 2.83. The zero-order valence-corrected chi connectivity index (χ0v) is 17.5. The second-order valence-electron chi connectivity index (χ2n) is 6.82. The van der Waals surface area contributed by atoms with Gasteiger partial charge in [-0.15, -0.1) is 12.4 Å². The minimum Gasteiger partial charge on any atom is -0.492 e. The molecule has 1 heterocycles. The third kappa shape index (κ3) is 6.87. The van der Waals surface area contributed by atoms with Crippen LogP contribution in [0.4, 0.5) is 0 Å². The van der Waals surface area contributed by atoms with Crippen molar-refractivity contribution in [3.8, 4) is 5.75 Å². The van der Waals surface area contributed by atoms with Gasteiger partial charge < -0.3 is 15.2 Å². The van der Waals surface area contributed by atoms with E-state index in [1.54, 1.807) is 12.1 Å². The van der Waals surface area contributed by atoms with Crippen molar-refractivity contribution in [1.29, 1.82) is 0 Å². The first kappa shape index (κ1) is 23.5. The van der Waals surface area contributed by atoms with Gasteiger partial charge in [-0.25, -0.2) is 13.1 Å². The Hall–Kier alpha value is -0.570. The maximum Gasteiger partial charge on any atom is 0.244 e. The number of hydrogen-bond donors (Lipinski definition) is 2. The molecule has 2 rings (SSSR count). The number of benzene rings is 1. The molecule has 6 nitrogen and oxygen atoms in total. The lowest BCUT2D eigenvalue weighted by Gasteiger charge is -2.20.